The second-order valence-electron chi connectivity index (χ2n) is 5.37. The summed E-state index contributed by atoms with van der Waals surface area (Å²) in [5.41, 5.74) is 2.74. The van der Waals surface area contributed by atoms with Crippen LogP contribution in [0.2, 0.25) is 5.02 Å². The van der Waals surface area contributed by atoms with Crippen LogP contribution in [0.4, 0.5) is 10.5 Å². The van der Waals surface area contributed by atoms with E-state index in [9.17, 15) is 9.59 Å². The van der Waals surface area contributed by atoms with Gasteiger partial charge in [-0.2, -0.15) is 0 Å². The van der Waals surface area contributed by atoms with E-state index >= 15 is 0 Å². The first-order valence-electron chi connectivity index (χ1n) is 7.65. The molecule has 0 spiro atoms. The van der Waals surface area contributed by atoms with Crippen LogP contribution in [0, 0.1) is 0 Å². The second kappa shape index (κ2) is 8.93. The van der Waals surface area contributed by atoms with Crippen molar-refractivity contribution in [3.63, 3.8) is 0 Å². The lowest BCUT2D eigenvalue weighted by atomic mass is 10.1. The number of nitrogens with one attached hydrogen (secondary N) is 3. The van der Waals surface area contributed by atoms with Crippen molar-refractivity contribution in [3.05, 3.63) is 64.7 Å². The molecule has 0 aromatic heterocycles. The summed E-state index contributed by atoms with van der Waals surface area (Å²) >= 11 is 5.83. The summed E-state index contributed by atoms with van der Waals surface area (Å²) in [4.78, 5) is 22.9. The van der Waals surface area contributed by atoms with Crippen LogP contribution in [-0.2, 0) is 17.8 Å². The molecule has 126 valence electrons. The lowest BCUT2D eigenvalue weighted by Gasteiger charge is -2.09. The number of carbonyl (C=O) groups is 2. The SMILES string of the molecule is CC(=O)Nc1cccc(CNC(=O)NCCc2ccc(Cl)cc2)c1. The fourth-order valence-corrected chi connectivity index (χ4v) is 2.30. The van der Waals surface area contributed by atoms with Gasteiger partial charge in [-0.1, -0.05) is 35.9 Å². The van der Waals surface area contributed by atoms with Crippen LogP contribution >= 0.6 is 11.6 Å². The number of urea groups is 1. The second-order valence-corrected chi connectivity index (χ2v) is 5.80. The quantitative estimate of drug-likeness (QED) is 0.751. The van der Waals surface area contributed by atoms with Gasteiger partial charge in [0, 0.05) is 30.7 Å². The van der Waals surface area contributed by atoms with Crippen LogP contribution in [0.15, 0.2) is 48.5 Å². The summed E-state index contributed by atoms with van der Waals surface area (Å²) < 4.78 is 0. The summed E-state index contributed by atoms with van der Waals surface area (Å²) in [6.07, 6.45) is 0.739. The number of benzene rings is 2. The first-order valence-corrected chi connectivity index (χ1v) is 8.03. The monoisotopic (exact) mass is 345 g/mol. The standard InChI is InChI=1S/C18H20ClN3O2/c1-13(23)22-17-4-2-3-15(11-17)12-21-18(24)20-10-9-14-5-7-16(19)8-6-14/h2-8,11H,9-10,12H2,1H3,(H,22,23)(H2,20,21,24). The van der Waals surface area contributed by atoms with Crippen LogP contribution in [0.25, 0.3) is 0 Å². The van der Waals surface area contributed by atoms with Crippen molar-refractivity contribution < 1.29 is 9.59 Å². The van der Waals surface area contributed by atoms with E-state index in [0.29, 0.717) is 23.8 Å². The number of rotatable bonds is 6. The Bertz CT molecular complexity index is 702. The van der Waals surface area contributed by atoms with E-state index in [2.05, 4.69) is 16.0 Å². The Hall–Kier alpha value is -2.53. The third-order valence-corrected chi connectivity index (χ3v) is 3.56. The highest BCUT2D eigenvalue weighted by atomic mass is 35.5. The molecule has 0 heterocycles. The summed E-state index contributed by atoms with van der Waals surface area (Å²) in [5.74, 6) is -0.125. The molecule has 2 aromatic carbocycles. The Morgan fingerprint density at radius 2 is 1.75 bits per heavy atom. The molecule has 5 nitrogen and oxygen atoms in total. The van der Waals surface area contributed by atoms with Crippen molar-refractivity contribution in [2.24, 2.45) is 0 Å². The Kier molecular flexibility index (Phi) is 6.63. The van der Waals surface area contributed by atoms with Crippen molar-refractivity contribution in [2.75, 3.05) is 11.9 Å². The number of halogens is 1. The lowest BCUT2D eigenvalue weighted by Crippen LogP contribution is -2.36. The van der Waals surface area contributed by atoms with E-state index in [4.69, 9.17) is 11.6 Å². The molecule has 24 heavy (non-hydrogen) atoms. The molecular weight excluding hydrogens is 326 g/mol. The predicted molar refractivity (Wildman–Crippen MR) is 96.1 cm³/mol. The molecule has 2 rings (SSSR count). The molecule has 3 N–H and O–H groups in total. The molecule has 0 saturated heterocycles. The summed E-state index contributed by atoms with van der Waals surface area (Å²) in [7, 11) is 0. The molecule has 0 bridgehead atoms. The first kappa shape index (κ1) is 17.8. The van der Waals surface area contributed by atoms with Crippen LogP contribution in [0.1, 0.15) is 18.1 Å². The number of carbonyl (C=O) groups excluding carboxylic acids is 2. The van der Waals surface area contributed by atoms with E-state index in [1.165, 1.54) is 6.92 Å². The third-order valence-electron chi connectivity index (χ3n) is 3.31. The van der Waals surface area contributed by atoms with Crippen molar-refractivity contribution >= 4 is 29.2 Å². The van der Waals surface area contributed by atoms with Crippen LogP contribution in [0.5, 0.6) is 0 Å². The van der Waals surface area contributed by atoms with Crippen molar-refractivity contribution in [2.45, 2.75) is 19.9 Å². The van der Waals surface area contributed by atoms with Crippen LogP contribution in [0.3, 0.4) is 0 Å². The predicted octanol–water partition coefficient (Wildman–Crippen LogP) is 3.34. The molecule has 0 unspecified atom stereocenters. The number of hydrogen-bond acceptors (Lipinski definition) is 2. The maximum atomic E-state index is 11.8. The van der Waals surface area contributed by atoms with E-state index in [0.717, 1.165) is 17.5 Å². The van der Waals surface area contributed by atoms with Crippen LogP contribution < -0.4 is 16.0 Å². The fourth-order valence-electron chi connectivity index (χ4n) is 2.18. The normalized spacial score (nSPS) is 10.1. The van der Waals surface area contributed by atoms with Gasteiger partial charge in [0.2, 0.25) is 5.91 Å². The average molecular weight is 346 g/mol. The van der Waals surface area contributed by atoms with Gasteiger partial charge >= 0.3 is 6.03 Å². The van der Waals surface area contributed by atoms with Gasteiger partial charge in [0.1, 0.15) is 0 Å². The Labute approximate surface area is 146 Å². The molecule has 3 amide bonds. The van der Waals surface area contributed by atoms with Gasteiger partial charge in [0.25, 0.3) is 0 Å². The van der Waals surface area contributed by atoms with Gasteiger partial charge in [-0.05, 0) is 41.8 Å². The van der Waals surface area contributed by atoms with Crippen LogP contribution in [-0.4, -0.2) is 18.5 Å². The first-order chi connectivity index (χ1) is 11.5. The highest BCUT2D eigenvalue weighted by molar-refractivity contribution is 6.30. The Morgan fingerprint density at radius 1 is 1.00 bits per heavy atom. The summed E-state index contributed by atoms with van der Waals surface area (Å²) in [6.45, 7) is 2.39. The van der Waals surface area contributed by atoms with E-state index in [1.807, 2.05) is 42.5 Å². The highest BCUT2D eigenvalue weighted by Gasteiger charge is 2.02. The van der Waals surface area contributed by atoms with Gasteiger partial charge < -0.3 is 16.0 Å². The number of anilines is 1. The number of hydrogen-bond donors (Lipinski definition) is 3. The smallest absolute Gasteiger partial charge is 0.315 e. The molecule has 0 aliphatic carbocycles. The minimum absolute atomic E-state index is 0.125. The summed E-state index contributed by atoms with van der Waals surface area (Å²) in [6, 6.07) is 14.7. The van der Waals surface area contributed by atoms with Gasteiger partial charge in [-0.3, -0.25) is 4.79 Å². The molecular formula is C18H20ClN3O2. The zero-order valence-electron chi connectivity index (χ0n) is 13.4. The van der Waals surface area contributed by atoms with Gasteiger partial charge in [-0.15, -0.1) is 0 Å². The van der Waals surface area contributed by atoms with E-state index in [-0.39, 0.29) is 11.9 Å². The fraction of sp³-hybridized carbons (Fsp3) is 0.222. The molecule has 0 aliphatic rings. The molecule has 0 atom stereocenters. The minimum atomic E-state index is -0.228. The van der Waals surface area contributed by atoms with Gasteiger partial charge in [-0.25, -0.2) is 4.79 Å². The maximum absolute atomic E-state index is 11.8. The average Bonchev–Trinajstić information content (AvgIpc) is 2.54. The van der Waals surface area contributed by atoms with Crippen molar-refractivity contribution in [1.29, 1.82) is 0 Å². The largest absolute Gasteiger partial charge is 0.338 e. The Morgan fingerprint density at radius 3 is 2.46 bits per heavy atom. The van der Waals surface area contributed by atoms with Crippen molar-refractivity contribution in [3.8, 4) is 0 Å². The zero-order chi connectivity index (χ0) is 17.4. The minimum Gasteiger partial charge on any atom is -0.338 e. The lowest BCUT2D eigenvalue weighted by molar-refractivity contribution is -0.114. The third kappa shape index (κ3) is 6.30. The molecule has 0 fully saturated rings. The molecule has 2 aromatic rings. The molecule has 0 aliphatic heterocycles. The van der Waals surface area contributed by atoms with E-state index in [1.54, 1.807) is 6.07 Å². The number of amides is 3. The zero-order valence-corrected chi connectivity index (χ0v) is 14.2. The summed E-state index contributed by atoms with van der Waals surface area (Å²) in [5, 5.41) is 9.01. The molecule has 0 saturated carbocycles. The van der Waals surface area contributed by atoms with Gasteiger partial charge in [0.05, 0.1) is 0 Å². The van der Waals surface area contributed by atoms with Crippen molar-refractivity contribution in [1.82, 2.24) is 10.6 Å². The molecule has 0 radical (unpaired) electrons. The maximum Gasteiger partial charge on any atom is 0.315 e. The Balaban J connectivity index is 1.73. The van der Waals surface area contributed by atoms with Gasteiger partial charge in [0.15, 0.2) is 0 Å². The van der Waals surface area contributed by atoms with E-state index < -0.39 is 0 Å². The molecule has 6 heteroatoms. The topological polar surface area (TPSA) is 70.2 Å². The highest BCUT2D eigenvalue weighted by Crippen LogP contribution is 2.11.